The number of benzene rings is 3. The van der Waals surface area contributed by atoms with Gasteiger partial charge in [0.1, 0.15) is 11.5 Å². The van der Waals surface area contributed by atoms with Crippen LogP contribution in [0.15, 0.2) is 72.4 Å². The van der Waals surface area contributed by atoms with Gasteiger partial charge in [0.2, 0.25) is 0 Å². The number of carbonyl (C=O) groups excluding carboxylic acids is 2. The summed E-state index contributed by atoms with van der Waals surface area (Å²) in [5.74, 6) is -1.76. The Balaban J connectivity index is 1.87. The van der Waals surface area contributed by atoms with E-state index < -0.39 is 17.6 Å². The number of anilines is 2. The van der Waals surface area contributed by atoms with E-state index in [1.807, 2.05) is 63.2 Å². The predicted octanol–water partition coefficient (Wildman–Crippen LogP) is 5.15. The van der Waals surface area contributed by atoms with E-state index in [1.165, 1.54) is 18.2 Å². The minimum atomic E-state index is -0.629. The number of carbonyl (C=O) groups is 2. The molecule has 0 aliphatic carbocycles. The molecule has 1 aliphatic heterocycles. The van der Waals surface area contributed by atoms with Crippen LogP contribution < -0.4 is 10.2 Å². The maximum Gasteiger partial charge on any atom is 0.282 e. The summed E-state index contributed by atoms with van der Waals surface area (Å²) in [5.41, 5.74) is 4.63. The summed E-state index contributed by atoms with van der Waals surface area (Å²) in [4.78, 5) is 27.6. The van der Waals surface area contributed by atoms with Crippen molar-refractivity contribution in [1.82, 2.24) is 0 Å². The zero-order valence-corrected chi connectivity index (χ0v) is 17.0. The minimum absolute atomic E-state index is 0.0597. The zero-order chi connectivity index (χ0) is 21.4. The Hall–Kier alpha value is -3.73. The first-order valence-electron chi connectivity index (χ1n) is 9.65. The van der Waals surface area contributed by atoms with Crippen LogP contribution in [0.5, 0.6) is 0 Å². The smallest absolute Gasteiger partial charge is 0.282 e. The van der Waals surface area contributed by atoms with Gasteiger partial charge >= 0.3 is 0 Å². The summed E-state index contributed by atoms with van der Waals surface area (Å²) in [5, 5.41) is 3.10. The maximum atomic E-state index is 14.5. The molecule has 2 amide bonds. The number of nitrogens with zero attached hydrogens (tertiary/aromatic N) is 1. The highest BCUT2D eigenvalue weighted by Crippen LogP contribution is 2.36. The molecule has 1 aliphatic rings. The van der Waals surface area contributed by atoms with Crippen molar-refractivity contribution in [1.29, 1.82) is 0 Å². The third-order valence-corrected chi connectivity index (χ3v) is 5.15. The molecular formula is C25H21FN2O2. The Morgan fingerprint density at radius 3 is 2.13 bits per heavy atom. The molecular weight excluding hydrogens is 379 g/mol. The van der Waals surface area contributed by atoms with Crippen LogP contribution in [0.25, 0.3) is 5.57 Å². The lowest BCUT2D eigenvalue weighted by Gasteiger charge is -2.16. The van der Waals surface area contributed by atoms with Gasteiger partial charge in [0.05, 0.1) is 11.3 Å². The van der Waals surface area contributed by atoms with Crippen molar-refractivity contribution >= 4 is 28.8 Å². The fraction of sp³-hybridized carbons (Fsp3) is 0.120. The highest BCUT2D eigenvalue weighted by atomic mass is 19.1. The highest BCUT2D eigenvalue weighted by molar-refractivity contribution is 6.46. The van der Waals surface area contributed by atoms with Crippen molar-refractivity contribution in [2.45, 2.75) is 20.8 Å². The summed E-state index contributed by atoms with van der Waals surface area (Å²) in [7, 11) is 0. The fourth-order valence-electron chi connectivity index (χ4n) is 3.62. The second-order valence-electron chi connectivity index (χ2n) is 7.46. The minimum Gasteiger partial charge on any atom is -0.350 e. The van der Waals surface area contributed by atoms with Crippen molar-refractivity contribution in [3.63, 3.8) is 0 Å². The van der Waals surface area contributed by atoms with E-state index >= 15 is 0 Å². The average Bonchev–Trinajstić information content (AvgIpc) is 2.94. The lowest BCUT2D eigenvalue weighted by molar-refractivity contribution is -0.120. The van der Waals surface area contributed by atoms with Gasteiger partial charge in [-0.2, -0.15) is 0 Å². The summed E-state index contributed by atoms with van der Waals surface area (Å²) in [6.07, 6.45) is 0. The number of rotatable bonds is 4. The van der Waals surface area contributed by atoms with Crippen molar-refractivity contribution in [3.05, 3.63) is 100 Å². The Bertz CT molecular complexity index is 1200. The van der Waals surface area contributed by atoms with Crippen LogP contribution in [-0.4, -0.2) is 11.8 Å². The largest absolute Gasteiger partial charge is 0.350 e. The molecule has 3 aromatic carbocycles. The van der Waals surface area contributed by atoms with Gasteiger partial charge in [0, 0.05) is 5.69 Å². The third kappa shape index (κ3) is 3.39. The first-order valence-corrected chi connectivity index (χ1v) is 9.65. The van der Waals surface area contributed by atoms with E-state index in [0.717, 1.165) is 21.6 Å². The number of halogens is 1. The molecule has 3 aromatic rings. The van der Waals surface area contributed by atoms with Crippen LogP contribution in [0.2, 0.25) is 0 Å². The Morgan fingerprint density at radius 2 is 1.47 bits per heavy atom. The molecule has 0 fully saturated rings. The SMILES string of the molecule is Cc1ccc(NC2=C(c3ccc(C)cc3C)C(=O)N(c3ccccc3F)C2=O)cc1. The van der Waals surface area contributed by atoms with Gasteiger partial charge in [0.25, 0.3) is 11.8 Å². The third-order valence-electron chi connectivity index (χ3n) is 5.15. The Labute approximate surface area is 174 Å². The summed E-state index contributed by atoms with van der Waals surface area (Å²) < 4.78 is 14.5. The van der Waals surface area contributed by atoms with Gasteiger partial charge in [-0.1, -0.05) is 53.6 Å². The van der Waals surface area contributed by atoms with Gasteiger partial charge in [0.15, 0.2) is 0 Å². The van der Waals surface area contributed by atoms with Crippen molar-refractivity contribution in [2.24, 2.45) is 0 Å². The van der Waals surface area contributed by atoms with E-state index in [4.69, 9.17) is 0 Å². The van der Waals surface area contributed by atoms with Crippen LogP contribution in [-0.2, 0) is 9.59 Å². The number of para-hydroxylation sites is 1. The molecule has 0 unspecified atom stereocenters. The van der Waals surface area contributed by atoms with Gasteiger partial charge in [-0.15, -0.1) is 0 Å². The first-order chi connectivity index (χ1) is 14.4. The Morgan fingerprint density at radius 1 is 0.800 bits per heavy atom. The Kier molecular flexibility index (Phi) is 4.96. The van der Waals surface area contributed by atoms with Gasteiger partial charge < -0.3 is 5.32 Å². The van der Waals surface area contributed by atoms with Crippen LogP contribution in [0.4, 0.5) is 15.8 Å². The number of aryl methyl sites for hydroxylation is 3. The highest BCUT2D eigenvalue weighted by Gasteiger charge is 2.41. The quantitative estimate of drug-likeness (QED) is 0.617. The predicted molar refractivity (Wildman–Crippen MR) is 117 cm³/mol. The molecule has 5 heteroatoms. The van der Waals surface area contributed by atoms with Gasteiger partial charge in [-0.3, -0.25) is 9.59 Å². The second kappa shape index (κ2) is 7.59. The van der Waals surface area contributed by atoms with Crippen molar-refractivity contribution in [2.75, 3.05) is 10.2 Å². The fourth-order valence-corrected chi connectivity index (χ4v) is 3.62. The zero-order valence-electron chi connectivity index (χ0n) is 17.0. The monoisotopic (exact) mass is 400 g/mol. The van der Waals surface area contributed by atoms with Crippen LogP contribution in [0.1, 0.15) is 22.3 Å². The topological polar surface area (TPSA) is 49.4 Å². The van der Waals surface area contributed by atoms with E-state index in [0.29, 0.717) is 11.3 Å². The van der Waals surface area contributed by atoms with E-state index in [9.17, 15) is 14.0 Å². The van der Waals surface area contributed by atoms with Gasteiger partial charge in [-0.05, 0) is 56.2 Å². The molecule has 1 N–H and O–H groups in total. The molecule has 30 heavy (non-hydrogen) atoms. The first kappa shape index (κ1) is 19.6. The number of hydrogen-bond donors (Lipinski definition) is 1. The lowest BCUT2D eigenvalue weighted by Crippen LogP contribution is -2.33. The summed E-state index contributed by atoms with van der Waals surface area (Å²) in [6.45, 7) is 5.82. The second-order valence-corrected chi connectivity index (χ2v) is 7.46. The maximum absolute atomic E-state index is 14.5. The molecule has 0 spiro atoms. The number of imide groups is 1. The number of amides is 2. The standard InChI is InChI=1S/C25H21FN2O2/c1-15-8-11-18(12-9-15)27-23-22(19-13-10-16(2)14-17(19)3)24(29)28(25(23)30)21-7-5-4-6-20(21)26/h4-14,27H,1-3H3. The van der Waals surface area contributed by atoms with Crippen LogP contribution >= 0.6 is 0 Å². The molecule has 4 nitrogen and oxygen atoms in total. The van der Waals surface area contributed by atoms with Crippen LogP contribution in [0.3, 0.4) is 0 Å². The molecule has 0 radical (unpaired) electrons. The number of hydrogen-bond acceptors (Lipinski definition) is 3. The molecule has 4 rings (SSSR count). The van der Waals surface area contributed by atoms with E-state index in [-0.39, 0.29) is 17.0 Å². The normalized spacial score (nSPS) is 13.9. The summed E-state index contributed by atoms with van der Waals surface area (Å²) >= 11 is 0. The molecule has 0 aromatic heterocycles. The van der Waals surface area contributed by atoms with Crippen molar-refractivity contribution < 1.29 is 14.0 Å². The average molecular weight is 400 g/mol. The van der Waals surface area contributed by atoms with Crippen LogP contribution in [0, 0.1) is 26.6 Å². The molecule has 0 saturated carbocycles. The number of nitrogens with one attached hydrogen (secondary N) is 1. The van der Waals surface area contributed by atoms with E-state index in [2.05, 4.69) is 5.32 Å². The van der Waals surface area contributed by atoms with Crippen molar-refractivity contribution in [3.8, 4) is 0 Å². The molecule has 1 heterocycles. The van der Waals surface area contributed by atoms with Gasteiger partial charge in [-0.25, -0.2) is 9.29 Å². The lowest BCUT2D eigenvalue weighted by atomic mass is 9.97. The molecule has 0 atom stereocenters. The molecule has 0 bridgehead atoms. The summed E-state index contributed by atoms with van der Waals surface area (Å²) in [6, 6.07) is 19.0. The molecule has 150 valence electrons. The molecule has 0 saturated heterocycles. The van der Waals surface area contributed by atoms with E-state index in [1.54, 1.807) is 6.07 Å².